The van der Waals surface area contributed by atoms with Gasteiger partial charge in [0.05, 0.1) is 42.9 Å². The number of nitrogens with one attached hydrogen (secondary N) is 1. The van der Waals surface area contributed by atoms with E-state index in [2.05, 4.69) is 31.0 Å². The van der Waals surface area contributed by atoms with Gasteiger partial charge in [-0.25, -0.2) is 0 Å². The van der Waals surface area contributed by atoms with E-state index in [1.54, 1.807) is 14.2 Å². The second-order valence-electron chi connectivity index (χ2n) is 16.7. The highest BCUT2D eigenvalue weighted by molar-refractivity contribution is 5.90. The van der Waals surface area contributed by atoms with Gasteiger partial charge in [-0.05, 0) is 63.0 Å². The van der Waals surface area contributed by atoms with Crippen LogP contribution < -0.4 is 5.32 Å². The molecule has 1 fully saturated rings. The van der Waals surface area contributed by atoms with Crippen molar-refractivity contribution in [2.45, 2.75) is 150 Å². The number of carbonyl (C=O) groups is 4. The van der Waals surface area contributed by atoms with Crippen LogP contribution in [0.4, 0.5) is 0 Å². The highest BCUT2D eigenvalue weighted by Crippen LogP contribution is 2.32. The van der Waals surface area contributed by atoms with Gasteiger partial charge in [-0.2, -0.15) is 0 Å². The van der Waals surface area contributed by atoms with Gasteiger partial charge in [-0.15, -0.1) is 0 Å². The first-order valence-corrected chi connectivity index (χ1v) is 20.1. The van der Waals surface area contributed by atoms with Crippen LogP contribution in [-0.4, -0.2) is 102 Å². The monoisotopic (exact) mass is 744 g/mol. The van der Waals surface area contributed by atoms with Crippen LogP contribution in [0.15, 0.2) is 30.3 Å². The number of carbonyl (C=O) groups excluding carboxylic acids is 4. The van der Waals surface area contributed by atoms with Crippen LogP contribution >= 0.6 is 0 Å². The number of aliphatic hydroxyl groups is 1. The van der Waals surface area contributed by atoms with Gasteiger partial charge in [0.15, 0.2) is 5.78 Å². The Bertz CT molecular complexity index is 1290. The molecule has 2 N–H and O–H groups in total. The minimum absolute atomic E-state index is 0.00247. The zero-order valence-electron chi connectivity index (χ0n) is 35.1. The zero-order chi connectivity index (χ0) is 40.2. The molecular weight excluding hydrogens is 670 g/mol. The average molecular weight is 744 g/mol. The van der Waals surface area contributed by atoms with Crippen molar-refractivity contribution in [1.82, 2.24) is 15.1 Å². The highest BCUT2D eigenvalue weighted by atomic mass is 16.5. The summed E-state index contributed by atoms with van der Waals surface area (Å²) >= 11 is 0. The summed E-state index contributed by atoms with van der Waals surface area (Å²) in [4.78, 5) is 59.4. The molecule has 0 bridgehead atoms. The van der Waals surface area contributed by atoms with Crippen molar-refractivity contribution < 1.29 is 33.8 Å². The third kappa shape index (κ3) is 12.7. The first-order valence-electron chi connectivity index (χ1n) is 20.1. The van der Waals surface area contributed by atoms with Crippen molar-refractivity contribution in [3.8, 4) is 0 Å². The van der Waals surface area contributed by atoms with Crippen molar-refractivity contribution in [2.75, 3.05) is 27.8 Å². The van der Waals surface area contributed by atoms with Gasteiger partial charge in [0.1, 0.15) is 5.78 Å². The summed E-state index contributed by atoms with van der Waals surface area (Å²) in [5.74, 6) is -1.51. The Morgan fingerprint density at radius 3 is 2.00 bits per heavy atom. The van der Waals surface area contributed by atoms with Gasteiger partial charge < -0.3 is 24.8 Å². The van der Waals surface area contributed by atoms with Crippen LogP contribution in [-0.2, 0) is 28.7 Å². The standard InChI is InChI=1S/C43H73N3O7/c1-14-29(8)39(44-43(51)33(26(2)3)24-36(48)40(27(4)5)45(11)28(6)7)37(52-12)25-38(49)46-22-18-21-34(46)42(53-13)31(10)35(47)23-30(9)41(50)32-19-16-15-17-20-32/h15-17,19-20,26-31,33-34,37,39-42,50H,14,18,21-25H2,1-13H3,(H,44,51)/t29-,30-,31-,33-,34-,37+,39-,40-,41+,42+/m0/s1. The molecule has 1 aromatic carbocycles. The van der Waals surface area contributed by atoms with Gasteiger partial charge in [-0.3, -0.25) is 24.1 Å². The molecule has 1 aromatic rings. The van der Waals surface area contributed by atoms with E-state index >= 15 is 0 Å². The molecule has 10 heteroatoms. The van der Waals surface area contributed by atoms with Crippen LogP contribution in [0.1, 0.15) is 119 Å². The minimum Gasteiger partial charge on any atom is -0.388 e. The van der Waals surface area contributed by atoms with Crippen molar-refractivity contribution in [2.24, 2.45) is 35.5 Å². The van der Waals surface area contributed by atoms with E-state index in [-0.39, 0.29) is 84.4 Å². The largest absolute Gasteiger partial charge is 0.388 e. The molecule has 1 heterocycles. The first-order chi connectivity index (χ1) is 24.9. The maximum Gasteiger partial charge on any atom is 0.225 e. The maximum absolute atomic E-state index is 14.1. The summed E-state index contributed by atoms with van der Waals surface area (Å²) in [7, 11) is 5.13. The molecular formula is C43H73N3O7. The van der Waals surface area contributed by atoms with E-state index in [9.17, 15) is 24.3 Å². The lowest BCUT2D eigenvalue weighted by Crippen LogP contribution is -2.54. The quantitative estimate of drug-likeness (QED) is 0.130. The Morgan fingerprint density at radius 2 is 1.49 bits per heavy atom. The molecule has 10 nitrogen and oxygen atoms in total. The van der Waals surface area contributed by atoms with Crippen LogP contribution in [0.3, 0.4) is 0 Å². The number of ether oxygens (including phenoxy) is 2. The first kappa shape index (κ1) is 46.5. The summed E-state index contributed by atoms with van der Waals surface area (Å²) in [6.07, 6.45) is 0.781. The number of methoxy groups -OCH3 is 2. The Balaban J connectivity index is 2.21. The lowest BCUT2D eigenvalue weighted by molar-refractivity contribution is -0.143. The third-order valence-electron chi connectivity index (χ3n) is 11.9. The number of benzene rings is 1. The number of ketones is 2. The molecule has 1 saturated heterocycles. The number of nitrogens with zero attached hydrogens (tertiary/aromatic N) is 2. The molecule has 0 radical (unpaired) electrons. The molecule has 1 aliphatic rings. The summed E-state index contributed by atoms with van der Waals surface area (Å²) in [6.45, 7) is 20.5. The molecule has 53 heavy (non-hydrogen) atoms. The van der Waals surface area contributed by atoms with E-state index in [0.717, 1.165) is 18.4 Å². The minimum atomic E-state index is -0.761. The van der Waals surface area contributed by atoms with E-state index in [4.69, 9.17) is 9.47 Å². The topological polar surface area (TPSA) is 125 Å². The van der Waals surface area contributed by atoms with Crippen LogP contribution in [0.5, 0.6) is 0 Å². The molecule has 0 spiro atoms. The van der Waals surface area contributed by atoms with Crippen LogP contribution in [0.2, 0.25) is 0 Å². The molecule has 0 aliphatic carbocycles. The van der Waals surface area contributed by atoms with E-state index in [1.165, 1.54) is 0 Å². The van der Waals surface area contributed by atoms with Gasteiger partial charge in [0.25, 0.3) is 0 Å². The lowest BCUT2D eigenvalue weighted by Gasteiger charge is -2.37. The smallest absolute Gasteiger partial charge is 0.225 e. The summed E-state index contributed by atoms with van der Waals surface area (Å²) in [5, 5.41) is 14.1. The second kappa shape index (κ2) is 22.0. The molecule has 2 amide bonds. The van der Waals surface area contributed by atoms with Crippen LogP contribution in [0.25, 0.3) is 0 Å². The molecule has 0 saturated carbocycles. The second-order valence-corrected chi connectivity index (χ2v) is 16.7. The number of amides is 2. The normalized spacial score (nSPS) is 20.2. The summed E-state index contributed by atoms with van der Waals surface area (Å²) < 4.78 is 11.9. The lowest BCUT2D eigenvalue weighted by atomic mass is 9.84. The van der Waals surface area contributed by atoms with Gasteiger partial charge in [-0.1, -0.05) is 92.1 Å². The maximum atomic E-state index is 14.1. The highest BCUT2D eigenvalue weighted by Gasteiger charge is 2.42. The number of likely N-dealkylation sites (N-methyl/N-ethyl adjacent to an activating group) is 1. The van der Waals surface area contributed by atoms with Crippen molar-refractivity contribution >= 4 is 23.4 Å². The molecule has 10 atom stereocenters. The fraction of sp³-hybridized carbons (Fsp3) is 0.767. The SMILES string of the molecule is CC[C@H](C)[C@H](NC(=O)[C@@H](CC(=O)[C@H](C(C)C)N(C)C(C)C)C(C)C)[C@@H](CC(=O)N1CCC[C@H]1[C@H](OC)[C@@H](C)C(=O)C[C@H](C)[C@@H](O)c1ccccc1)OC. The fourth-order valence-corrected chi connectivity index (χ4v) is 8.05. The number of likely N-dealkylation sites (tertiary alicyclic amines) is 1. The molecule has 2 rings (SSSR count). The fourth-order valence-electron chi connectivity index (χ4n) is 8.05. The van der Waals surface area contributed by atoms with Crippen molar-refractivity contribution in [3.63, 3.8) is 0 Å². The van der Waals surface area contributed by atoms with Crippen molar-refractivity contribution in [1.29, 1.82) is 0 Å². The predicted octanol–water partition coefficient (Wildman–Crippen LogP) is 6.49. The Kier molecular flexibility index (Phi) is 19.3. The Morgan fingerprint density at radius 1 is 0.868 bits per heavy atom. The van der Waals surface area contributed by atoms with Crippen molar-refractivity contribution in [3.05, 3.63) is 35.9 Å². The number of hydrogen-bond donors (Lipinski definition) is 2. The van der Waals surface area contributed by atoms with Gasteiger partial charge in [0.2, 0.25) is 11.8 Å². The Labute approximate surface area is 321 Å². The predicted molar refractivity (Wildman–Crippen MR) is 211 cm³/mol. The van der Waals surface area contributed by atoms with E-state index in [0.29, 0.717) is 13.0 Å². The number of hydrogen-bond acceptors (Lipinski definition) is 8. The zero-order valence-corrected chi connectivity index (χ0v) is 35.1. The van der Waals surface area contributed by atoms with E-state index < -0.39 is 36.2 Å². The molecule has 302 valence electrons. The van der Waals surface area contributed by atoms with Gasteiger partial charge in [0, 0.05) is 51.5 Å². The molecule has 0 unspecified atom stereocenters. The van der Waals surface area contributed by atoms with Crippen LogP contribution in [0, 0.1) is 35.5 Å². The number of rotatable bonds is 23. The molecule has 1 aliphatic heterocycles. The van der Waals surface area contributed by atoms with Gasteiger partial charge >= 0.3 is 0 Å². The number of Topliss-reactive ketones (excluding diaryl/α,β-unsaturated/α-hetero) is 2. The third-order valence-corrected chi connectivity index (χ3v) is 11.9. The number of aliphatic hydroxyl groups excluding tert-OH is 1. The average Bonchev–Trinajstić information content (AvgIpc) is 3.61. The van der Waals surface area contributed by atoms with E-state index in [1.807, 2.05) is 90.7 Å². The molecule has 0 aromatic heterocycles. The summed E-state index contributed by atoms with van der Waals surface area (Å²) in [6, 6.07) is 8.52. The summed E-state index contributed by atoms with van der Waals surface area (Å²) in [5.41, 5.74) is 0.776. The Hall–Kier alpha value is -2.66.